The summed E-state index contributed by atoms with van der Waals surface area (Å²) in [4.78, 5) is 4.93. The number of aryl methyl sites for hydroxylation is 1. The molecule has 0 aliphatic rings. The van der Waals surface area contributed by atoms with Crippen molar-refractivity contribution in [1.29, 1.82) is 0 Å². The van der Waals surface area contributed by atoms with Crippen molar-refractivity contribution in [1.82, 2.24) is 34.2 Å². The summed E-state index contributed by atoms with van der Waals surface area (Å²) in [5.41, 5.74) is 4.50. The van der Waals surface area contributed by atoms with Gasteiger partial charge in [0.15, 0.2) is 0 Å². The molecule has 0 aliphatic carbocycles. The first-order valence-electron chi connectivity index (χ1n) is 10.2. The Labute approximate surface area is 169 Å². The van der Waals surface area contributed by atoms with E-state index < -0.39 is 0 Å². The third-order valence-corrected chi connectivity index (χ3v) is 5.29. The molecule has 1 unspecified atom stereocenters. The van der Waals surface area contributed by atoms with Gasteiger partial charge in [-0.25, -0.2) is 9.50 Å². The lowest BCUT2D eigenvalue weighted by molar-refractivity contribution is 0.176. The monoisotopic (exact) mass is 393 g/mol. The summed E-state index contributed by atoms with van der Waals surface area (Å²) in [6, 6.07) is 2.35. The molecule has 8 heteroatoms. The second-order valence-electron chi connectivity index (χ2n) is 7.44. The fourth-order valence-electron chi connectivity index (χ4n) is 3.54. The Hall–Kier alpha value is -3.00. The van der Waals surface area contributed by atoms with Crippen LogP contribution in [-0.4, -0.2) is 45.4 Å². The molecule has 0 aromatic carbocycles. The first kappa shape index (κ1) is 19.3. The Balaban J connectivity index is 1.72. The van der Waals surface area contributed by atoms with Crippen molar-refractivity contribution in [2.24, 2.45) is 0 Å². The summed E-state index contributed by atoms with van der Waals surface area (Å²) in [7, 11) is 0. The largest absolute Gasteiger partial charge is 0.393 e. The third-order valence-electron chi connectivity index (χ3n) is 5.29. The standard InChI is InChI=1S/C21H27N7O/c1-4-18(5-2)27-13-17(11-24-27)21-20-6-8-22-28(20)14-19(25-21)16-10-23-26(12-16)9-7-15(3)29/h6,8,10-15,18,29H,4-5,7,9H2,1-3H3. The van der Waals surface area contributed by atoms with Gasteiger partial charge in [-0.1, -0.05) is 13.8 Å². The molecule has 0 radical (unpaired) electrons. The quantitative estimate of drug-likeness (QED) is 0.494. The van der Waals surface area contributed by atoms with E-state index >= 15 is 0 Å². The van der Waals surface area contributed by atoms with Gasteiger partial charge < -0.3 is 5.11 Å². The summed E-state index contributed by atoms with van der Waals surface area (Å²) >= 11 is 0. The highest BCUT2D eigenvalue weighted by atomic mass is 16.3. The molecular weight excluding hydrogens is 366 g/mol. The Morgan fingerprint density at radius 3 is 2.55 bits per heavy atom. The van der Waals surface area contributed by atoms with Crippen molar-refractivity contribution in [3.8, 4) is 22.5 Å². The van der Waals surface area contributed by atoms with Crippen molar-refractivity contribution < 1.29 is 5.11 Å². The molecular formula is C21H27N7O. The Morgan fingerprint density at radius 2 is 1.79 bits per heavy atom. The molecule has 1 N–H and O–H groups in total. The van der Waals surface area contributed by atoms with Crippen LogP contribution in [0.2, 0.25) is 0 Å². The lowest BCUT2D eigenvalue weighted by atomic mass is 10.1. The molecule has 0 spiro atoms. The number of hydrogen-bond donors (Lipinski definition) is 1. The van der Waals surface area contributed by atoms with Gasteiger partial charge in [0.05, 0.1) is 53.8 Å². The van der Waals surface area contributed by atoms with Crippen molar-refractivity contribution in [2.75, 3.05) is 0 Å². The van der Waals surface area contributed by atoms with Crippen LogP contribution in [0.3, 0.4) is 0 Å². The van der Waals surface area contributed by atoms with Gasteiger partial charge in [-0.3, -0.25) is 9.36 Å². The molecule has 0 saturated carbocycles. The lowest BCUT2D eigenvalue weighted by Crippen LogP contribution is -2.07. The molecule has 152 valence electrons. The molecule has 0 fully saturated rings. The van der Waals surface area contributed by atoms with Crippen LogP contribution in [0.1, 0.15) is 46.1 Å². The summed E-state index contributed by atoms with van der Waals surface area (Å²) in [5.74, 6) is 0. The van der Waals surface area contributed by atoms with E-state index in [-0.39, 0.29) is 6.10 Å². The van der Waals surface area contributed by atoms with E-state index in [4.69, 9.17) is 4.98 Å². The van der Waals surface area contributed by atoms with Crippen LogP contribution in [0.5, 0.6) is 0 Å². The van der Waals surface area contributed by atoms with Gasteiger partial charge in [-0.15, -0.1) is 0 Å². The summed E-state index contributed by atoms with van der Waals surface area (Å²) in [6.07, 6.45) is 13.8. The number of aliphatic hydroxyl groups is 1. The van der Waals surface area contributed by atoms with Crippen molar-refractivity contribution in [2.45, 2.75) is 58.7 Å². The van der Waals surface area contributed by atoms with E-state index in [2.05, 4.69) is 35.3 Å². The number of hydrogen-bond acceptors (Lipinski definition) is 5. The van der Waals surface area contributed by atoms with E-state index in [1.165, 1.54) is 0 Å². The maximum absolute atomic E-state index is 9.50. The van der Waals surface area contributed by atoms with E-state index in [0.29, 0.717) is 19.0 Å². The fraction of sp³-hybridized carbons (Fsp3) is 0.429. The first-order chi connectivity index (χ1) is 14.1. The number of nitrogens with zero attached hydrogens (tertiary/aromatic N) is 7. The molecule has 0 saturated heterocycles. The molecule has 1 atom stereocenters. The smallest absolute Gasteiger partial charge is 0.0999 e. The van der Waals surface area contributed by atoms with Crippen molar-refractivity contribution in [3.63, 3.8) is 0 Å². The predicted octanol–water partition coefficient (Wildman–Crippen LogP) is 3.59. The molecule has 0 amide bonds. The van der Waals surface area contributed by atoms with Gasteiger partial charge in [0.2, 0.25) is 0 Å². The minimum atomic E-state index is -0.348. The summed E-state index contributed by atoms with van der Waals surface area (Å²) in [5, 5.41) is 22.9. The number of aromatic nitrogens is 7. The number of rotatable bonds is 8. The minimum absolute atomic E-state index is 0.348. The van der Waals surface area contributed by atoms with Gasteiger partial charge >= 0.3 is 0 Å². The molecule has 4 heterocycles. The van der Waals surface area contributed by atoms with Crippen LogP contribution < -0.4 is 0 Å². The van der Waals surface area contributed by atoms with E-state index in [0.717, 1.165) is 40.9 Å². The fourth-order valence-corrected chi connectivity index (χ4v) is 3.54. The molecule has 4 aromatic rings. The maximum atomic E-state index is 9.50. The topological polar surface area (TPSA) is 86.1 Å². The van der Waals surface area contributed by atoms with Crippen molar-refractivity contribution in [3.05, 3.63) is 43.2 Å². The molecule has 29 heavy (non-hydrogen) atoms. The van der Waals surface area contributed by atoms with Gasteiger partial charge in [0.1, 0.15) is 0 Å². The van der Waals surface area contributed by atoms with Gasteiger partial charge in [0.25, 0.3) is 0 Å². The SMILES string of the molecule is CCC(CC)n1cc(-c2nc(-c3cnn(CCC(C)O)c3)cn3nccc23)cn1. The Bertz CT molecular complexity index is 1090. The van der Waals surface area contributed by atoms with Crippen LogP contribution in [0, 0.1) is 0 Å². The van der Waals surface area contributed by atoms with E-state index in [1.54, 1.807) is 19.3 Å². The van der Waals surface area contributed by atoms with Crippen molar-refractivity contribution >= 4 is 5.52 Å². The molecule has 8 nitrogen and oxygen atoms in total. The number of fused-ring (bicyclic) bond motifs is 1. The van der Waals surface area contributed by atoms with Gasteiger partial charge in [0, 0.05) is 30.1 Å². The first-order valence-corrected chi connectivity index (χ1v) is 10.2. The van der Waals surface area contributed by atoms with Crippen LogP contribution in [0.4, 0.5) is 0 Å². The summed E-state index contributed by atoms with van der Waals surface area (Å²) < 4.78 is 5.71. The molecule has 4 rings (SSSR count). The highest BCUT2D eigenvalue weighted by molar-refractivity contribution is 5.78. The lowest BCUT2D eigenvalue weighted by Gasteiger charge is -2.12. The maximum Gasteiger partial charge on any atom is 0.0999 e. The predicted molar refractivity (Wildman–Crippen MR) is 111 cm³/mol. The van der Waals surface area contributed by atoms with E-state index in [9.17, 15) is 5.11 Å². The number of aliphatic hydroxyl groups excluding tert-OH is 1. The highest BCUT2D eigenvalue weighted by Crippen LogP contribution is 2.27. The zero-order valence-electron chi connectivity index (χ0n) is 17.1. The summed E-state index contributed by atoms with van der Waals surface area (Å²) in [6.45, 7) is 6.81. The van der Waals surface area contributed by atoms with Crippen LogP contribution in [0.25, 0.3) is 28.0 Å². The van der Waals surface area contributed by atoms with Crippen LogP contribution >= 0.6 is 0 Å². The zero-order chi connectivity index (χ0) is 20.4. The van der Waals surface area contributed by atoms with Crippen LogP contribution in [0.15, 0.2) is 43.2 Å². The van der Waals surface area contributed by atoms with Gasteiger partial charge in [-0.2, -0.15) is 15.3 Å². The Morgan fingerprint density at radius 1 is 1.00 bits per heavy atom. The normalized spacial score (nSPS) is 12.9. The second kappa shape index (κ2) is 8.16. The molecule has 4 aromatic heterocycles. The van der Waals surface area contributed by atoms with E-state index in [1.807, 2.05) is 38.5 Å². The minimum Gasteiger partial charge on any atom is -0.393 e. The molecule has 0 bridgehead atoms. The molecule has 0 aliphatic heterocycles. The zero-order valence-corrected chi connectivity index (χ0v) is 17.1. The van der Waals surface area contributed by atoms with Crippen LogP contribution in [-0.2, 0) is 6.54 Å². The Kier molecular flexibility index (Phi) is 5.44. The third kappa shape index (κ3) is 3.93. The highest BCUT2D eigenvalue weighted by Gasteiger charge is 2.15. The van der Waals surface area contributed by atoms with Gasteiger partial charge in [-0.05, 0) is 32.3 Å². The average molecular weight is 393 g/mol. The average Bonchev–Trinajstić information content (AvgIpc) is 3.46. The second-order valence-corrected chi connectivity index (χ2v) is 7.44.